The molecule has 3 aromatic heterocycles. The number of benzene rings is 2. The molecule has 2 aromatic carbocycles. The van der Waals surface area contributed by atoms with Crippen LogP contribution in [0.2, 0.25) is 0 Å². The van der Waals surface area contributed by atoms with Gasteiger partial charge in [-0.2, -0.15) is 15.1 Å². The highest BCUT2D eigenvalue weighted by Crippen LogP contribution is 2.53. The van der Waals surface area contributed by atoms with E-state index in [2.05, 4.69) is 15.1 Å². The number of nitrogen functional groups attached to an aromatic ring is 1. The first-order valence-electron chi connectivity index (χ1n) is 11.8. The van der Waals surface area contributed by atoms with Crippen LogP contribution in [0, 0.1) is 17.5 Å². The summed E-state index contributed by atoms with van der Waals surface area (Å²) in [6.07, 6.45) is 1.30. The Kier molecular flexibility index (Phi) is 5.93. The minimum absolute atomic E-state index is 0.0554. The highest BCUT2D eigenvalue weighted by atomic mass is 32.3. The van der Waals surface area contributed by atoms with Gasteiger partial charge in [-0.1, -0.05) is 6.07 Å². The van der Waals surface area contributed by atoms with Crippen molar-refractivity contribution in [3.63, 3.8) is 0 Å². The van der Waals surface area contributed by atoms with Crippen LogP contribution in [0.15, 0.2) is 65.6 Å². The van der Waals surface area contributed by atoms with Gasteiger partial charge >= 0.3 is 0 Å². The first kappa shape index (κ1) is 25.1. The Morgan fingerprint density at radius 1 is 0.949 bits per heavy atom. The normalized spacial score (nSPS) is 15.8. The first-order chi connectivity index (χ1) is 18.6. The molecule has 0 atom stereocenters. The molecule has 0 aliphatic carbocycles. The molecule has 1 fully saturated rings. The van der Waals surface area contributed by atoms with Crippen molar-refractivity contribution in [3.05, 3.63) is 100.0 Å². The molecule has 1 aliphatic rings. The molecule has 0 spiro atoms. The van der Waals surface area contributed by atoms with Gasteiger partial charge in [-0.05, 0) is 42.5 Å². The van der Waals surface area contributed by atoms with Gasteiger partial charge in [-0.15, -0.1) is 5.10 Å². The van der Waals surface area contributed by atoms with Gasteiger partial charge in [0.2, 0.25) is 5.95 Å². The second kappa shape index (κ2) is 9.22. The lowest BCUT2D eigenvalue weighted by Crippen LogP contribution is -2.39. The minimum atomic E-state index is -2.71. The van der Waals surface area contributed by atoms with Crippen molar-refractivity contribution in [2.75, 3.05) is 17.2 Å². The van der Waals surface area contributed by atoms with E-state index in [9.17, 15) is 27.1 Å². The topological polar surface area (TPSA) is 132 Å². The van der Waals surface area contributed by atoms with Crippen LogP contribution in [-0.4, -0.2) is 44.8 Å². The Labute approximate surface area is 220 Å². The molecule has 200 valence electrons. The van der Waals surface area contributed by atoms with Crippen LogP contribution in [0.4, 0.5) is 19.1 Å². The van der Waals surface area contributed by atoms with Gasteiger partial charge in [-0.3, -0.25) is 13.9 Å². The standard InChI is InChI=1S/C26H21F3N6O3S/c27-16-7-4-14(5-8-16)24-23(15-6-9-22(36)34(11-15)17-12-39(37,38)13-17)25-31-21(33-35(25)26(30)32-24)10-18-19(28)2-1-3-20(18)29/h1-9,11,17,37-38H,10,12-13H2,(H2,30,32). The summed E-state index contributed by atoms with van der Waals surface area (Å²) >= 11 is 0. The van der Waals surface area contributed by atoms with Crippen molar-refractivity contribution in [1.29, 1.82) is 0 Å². The van der Waals surface area contributed by atoms with Crippen LogP contribution in [0.3, 0.4) is 0 Å². The number of halogens is 3. The van der Waals surface area contributed by atoms with E-state index in [-0.39, 0.29) is 46.5 Å². The number of hydrogen-bond donors (Lipinski definition) is 3. The van der Waals surface area contributed by atoms with Crippen molar-refractivity contribution in [2.24, 2.45) is 0 Å². The van der Waals surface area contributed by atoms with E-state index in [1.807, 2.05) is 0 Å². The Morgan fingerprint density at radius 2 is 1.62 bits per heavy atom. The molecule has 4 heterocycles. The zero-order chi connectivity index (χ0) is 27.5. The summed E-state index contributed by atoms with van der Waals surface area (Å²) in [7, 11) is -2.71. The summed E-state index contributed by atoms with van der Waals surface area (Å²) in [5.41, 5.74) is 7.57. The maximum Gasteiger partial charge on any atom is 0.250 e. The van der Waals surface area contributed by atoms with Crippen LogP contribution < -0.4 is 11.3 Å². The van der Waals surface area contributed by atoms with E-state index >= 15 is 0 Å². The summed E-state index contributed by atoms with van der Waals surface area (Å²) in [5.74, 6) is -1.83. The average molecular weight is 555 g/mol. The fourth-order valence-corrected chi connectivity index (χ4v) is 6.14. The molecule has 0 bridgehead atoms. The average Bonchev–Trinajstić information content (AvgIpc) is 3.30. The molecule has 0 amide bonds. The smallest absolute Gasteiger partial charge is 0.250 e. The van der Waals surface area contributed by atoms with Crippen molar-refractivity contribution < 1.29 is 22.3 Å². The van der Waals surface area contributed by atoms with Crippen LogP contribution in [-0.2, 0) is 6.42 Å². The summed E-state index contributed by atoms with van der Waals surface area (Å²) in [4.78, 5) is 21.7. The Bertz CT molecular complexity index is 1780. The number of anilines is 1. The molecule has 0 unspecified atom stereocenters. The van der Waals surface area contributed by atoms with Gasteiger partial charge in [0.25, 0.3) is 5.56 Å². The van der Waals surface area contributed by atoms with Crippen molar-refractivity contribution in [3.8, 4) is 22.4 Å². The summed E-state index contributed by atoms with van der Waals surface area (Å²) in [6.45, 7) is 0. The molecule has 5 aromatic rings. The molecule has 1 saturated heterocycles. The van der Waals surface area contributed by atoms with Gasteiger partial charge in [0.1, 0.15) is 17.5 Å². The molecule has 4 N–H and O–H groups in total. The molecule has 39 heavy (non-hydrogen) atoms. The first-order valence-corrected chi connectivity index (χ1v) is 13.7. The van der Waals surface area contributed by atoms with Gasteiger partial charge in [0, 0.05) is 35.4 Å². The minimum Gasteiger partial charge on any atom is -0.368 e. The number of aromatic nitrogens is 5. The van der Waals surface area contributed by atoms with Gasteiger partial charge in [0.05, 0.1) is 28.8 Å². The van der Waals surface area contributed by atoms with Crippen molar-refractivity contribution in [1.82, 2.24) is 24.1 Å². The van der Waals surface area contributed by atoms with E-state index in [0.29, 0.717) is 22.4 Å². The number of nitrogens with zero attached hydrogens (tertiary/aromatic N) is 5. The second-order valence-corrected chi connectivity index (χ2v) is 11.6. The van der Waals surface area contributed by atoms with E-state index < -0.39 is 34.1 Å². The molecule has 6 rings (SSSR count). The second-order valence-electron chi connectivity index (χ2n) is 9.29. The lowest BCUT2D eigenvalue weighted by molar-refractivity contribution is 0.416. The van der Waals surface area contributed by atoms with E-state index in [0.717, 1.165) is 12.1 Å². The van der Waals surface area contributed by atoms with Crippen LogP contribution >= 0.6 is 10.6 Å². The summed E-state index contributed by atoms with van der Waals surface area (Å²) < 4.78 is 64.8. The molecular weight excluding hydrogens is 533 g/mol. The number of fused-ring (bicyclic) bond motifs is 1. The maximum atomic E-state index is 14.3. The third-order valence-electron chi connectivity index (χ3n) is 6.61. The largest absolute Gasteiger partial charge is 0.368 e. The quantitative estimate of drug-likeness (QED) is 0.291. The molecule has 9 nitrogen and oxygen atoms in total. The van der Waals surface area contributed by atoms with Crippen LogP contribution in [0.5, 0.6) is 0 Å². The van der Waals surface area contributed by atoms with Crippen molar-refractivity contribution in [2.45, 2.75) is 12.5 Å². The summed E-state index contributed by atoms with van der Waals surface area (Å²) in [6, 6.07) is 11.6. The Balaban J connectivity index is 1.56. The predicted octanol–water partition coefficient (Wildman–Crippen LogP) is 4.52. The highest BCUT2D eigenvalue weighted by Gasteiger charge is 2.35. The lowest BCUT2D eigenvalue weighted by atomic mass is 10.0. The Morgan fingerprint density at radius 3 is 2.28 bits per heavy atom. The Hall–Kier alpha value is -4.20. The molecule has 13 heteroatoms. The monoisotopic (exact) mass is 554 g/mol. The molecule has 0 radical (unpaired) electrons. The zero-order valence-corrected chi connectivity index (χ0v) is 20.9. The number of pyridine rings is 1. The number of rotatable bonds is 5. The van der Waals surface area contributed by atoms with Gasteiger partial charge in [-0.25, -0.2) is 23.1 Å². The summed E-state index contributed by atoms with van der Waals surface area (Å²) in [5, 5.41) is 4.34. The third kappa shape index (κ3) is 4.54. The molecule has 1 aliphatic heterocycles. The molecule has 0 saturated carbocycles. The highest BCUT2D eigenvalue weighted by molar-refractivity contribution is 8.25. The third-order valence-corrected chi connectivity index (χ3v) is 8.45. The predicted molar refractivity (Wildman–Crippen MR) is 141 cm³/mol. The fourth-order valence-electron chi connectivity index (χ4n) is 4.68. The fraction of sp³-hybridized carbons (Fsp3) is 0.154. The number of nitrogens with two attached hydrogens (primary N) is 1. The maximum absolute atomic E-state index is 14.3. The van der Waals surface area contributed by atoms with E-state index in [1.165, 1.54) is 45.5 Å². The van der Waals surface area contributed by atoms with Gasteiger partial charge in [0.15, 0.2) is 11.5 Å². The zero-order valence-electron chi connectivity index (χ0n) is 20.1. The van der Waals surface area contributed by atoms with E-state index in [4.69, 9.17) is 5.73 Å². The number of hydrogen-bond acceptors (Lipinski definition) is 7. The van der Waals surface area contributed by atoms with Crippen LogP contribution in [0.1, 0.15) is 17.4 Å². The lowest BCUT2D eigenvalue weighted by Gasteiger charge is -2.47. The van der Waals surface area contributed by atoms with Crippen molar-refractivity contribution >= 4 is 22.2 Å². The van der Waals surface area contributed by atoms with Crippen LogP contribution in [0.25, 0.3) is 28.0 Å². The molecular formula is C26H21F3N6O3S. The van der Waals surface area contributed by atoms with Gasteiger partial charge < -0.3 is 10.3 Å². The SMILES string of the molecule is Nc1nc(-c2ccc(F)cc2)c(-c2ccc(=O)n(C3CS(O)(O)C3)c2)c2nc(Cc3c(F)cccc3F)nn12. The van der Waals surface area contributed by atoms with E-state index in [1.54, 1.807) is 12.3 Å².